The number of hydrogen-bond acceptors (Lipinski definition) is 8. The summed E-state index contributed by atoms with van der Waals surface area (Å²) >= 11 is 0. The van der Waals surface area contributed by atoms with E-state index in [2.05, 4.69) is 98.9 Å². The summed E-state index contributed by atoms with van der Waals surface area (Å²) in [5.74, 6) is -0.926. The molecule has 56 heavy (non-hydrogen) atoms. The van der Waals surface area contributed by atoms with Gasteiger partial charge in [-0.15, -0.1) is 0 Å². The topological polar surface area (TPSA) is 111 Å². The molecule has 0 aromatic rings. The number of phosphoric ester groups is 1. The molecule has 0 aliphatic heterocycles. The fourth-order valence-electron chi connectivity index (χ4n) is 5.00. The maximum absolute atomic E-state index is 12.6. The fraction of sp³-hybridized carbons (Fsp3) is 0.652. The number of phosphoric acid groups is 1. The first-order chi connectivity index (χ1) is 27.0. The summed E-state index contributed by atoms with van der Waals surface area (Å²) in [5, 5.41) is 0. The minimum absolute atomic E-state index is 0.0483. The van der Waals surface area contributed by atoms with Crippen molar-refractivity contribution in [3.8, 4) is 0 Å². The molecule has 0 aromatic heterocycles. The second-order valence-corrected chi connectivity index (χ2v) is 16.4. The largest absolute Gasteiger partial charge is 0.756 e. The summed E-state index contributed by atoms with van der Waals surface area (Å²) in [4.78, 5) is 37.5. The molecule has 0 fully saturated rings. The molecule has 0 saturated carbocycles. The van der Waals surface area contributed by atoms with Gasteiger partial charge in [0, 0.05) is 12.8 Å². The molecule has 0 spiro atoms. The molecule has 9 nitrogen and oxygen atoms in total. The number of likely N-dealkylation sites (N-methyl/N-ethyl adjacent to an activating group) is 1. The molecule has 0 amide bonds. The lowest BCUT2D eigenvalue weighted by Crippen LogP contribution is -2.37. The van der Waals surface area contributed by atoms with Gasteiger partial charge in [-0.25, -0.2) is 0 Å². The lowest BCUT2D eigenvalue weighted by molar-refractivity contribution is -0.870. The first-order valence-corrected chi connectivity index (χ1v) is 22.8. The number of unbranched alkanes of at least 4 members (excludes halogenated alkanes) is 9. The molecule has 0 aliphatic rings. The molecule has 0 rings (SSSR count). The van der Waals surface area contributed by atoms with Gasteiger partial charge in [0.05, 0.1) is 27.7 Å². The SMILES string of the molecule is CCC/C=C/C/C=C/C/C=C/C/C=C/CCCCCC(=O)OC[C@H](COP(=O)([O-])OCC[N+](C)(C)C)OC(=O)CCCC/C=C/C/C=C/C/C=C/CCCCC. The van der Waals surface area contributed by atoms with E-state index in [1.165, 1.54) is 25.7 Å². The van der Waals surface area contributed by atoms with Gasteiger partial charge < -0.3 is 27.9 Å². The average molecular weight is 804 g/mol. The molecule has 0 bridgehead atoms. The fourth-order valence-corrected chi connectivity index (χ4v) is 5.73. The van der Waals surface area contributed by atoms with Gasteiger partial charge in [-0.3, -0.25) is 14.2 Å². The van der Waals surface area contributed by atoms with E-state index in [9.17, 15) is 19.0 Å². The van der Waals surface area contributed by atoms with E-state index < -0.39 is 32.5 Å². The summed E-state index contributed by atoms with van der Waals surface area (Å²) in [7, 11) is 1.11. The van der Waals surface area contributed by atoms with Gasteiger partial charge >= 0.3 is 11.9 Å². The van der Waals surface area contributed by atoms with Crippen LogP contribution in [0.1, 0.15) is 142 Å². The zero-order chi connectivity index (χ0) is 41.4. The molecule has 0 aromatic carbocycles. The maximum Gasteiger partial charge on any atom is 0.306 e. The Hall–Kier alpha value is -2.81. The second kappa shape index (κ2) is 37.7. The van der Waals surface area contributed by atoms with Gasteiger partial charge in [0.25, 0.3) is 7.82 Å². The highest BCUT2D eigenvalue weighted by Crippen LogP contribution is 2.38. The van der Waals surface area contributed by atoms with Crippen molar-refractivity contribution in [3.05, 3.63) is 85.1 Å². The summed E-state index contributed by atoms with van der Waals surface area (Å²) in [6, 6.07) is 0. The van der Waals surface area contributed by atoms with E-state index in [4.69, 9.17) is 18.5 Å². The number of esters is 2. The van der Waals surface area contributed by atoms with Crippen LogP contribution in [0.5, 0.6) is 0 Å². The maximum atomic E-state index is 12.6. The Labute approximate surface area is 341 Å². The van der Waals surface area contributed by atoms with Crippen LogP contribution >= 0.6 is 7.82 Å². The Morgan fingerprint density at radius 3 is 1.50 bits per heavy atom. The quantitative estimate of drug-likeness (QED) is 0.0201. The summed E-state index contributed by atoms with van der Waals surface area (Å²) in [5.41, 5.74) is 0. The highest BCUT2D eigenvalue weighted by Gasteiger charge is 2.21. The van der Waals surface area contributed by atoms with Crippen LogP contribution in [0.2, 0.25) is 0 Å². The molecular weight excluding hydrogens is 725 g/mol. The van der Waals surface area contributed by atoms with E-state index in [1.54, 1.807) is 0 Å². The number of rotatable bonds is 37. The smallest absolute Gasteiger partial charge is 0.306 e. The normalized spacial score (nSPS) is 14.5. The van der Waals surface area contributed by atoms with Crippen LogP contribution in [-0.2, 0) is 32.7 Å². The standard InChI is InChI=1S/C46H78NO8P/c1-6-8-10-12-14-16-18-20-22-23-25-26-28-30-32-34-36-38-45(48)52-42-44(43-54-56(50,51)53-41-40-47(3,4)5)55-46(49)39-37-35-33-31-29-27-24-21-19-17-15-13-11-9-7-2/h10,12,15-18,21-24,26,28-29,31,44H,6-9,11,13-14,19-20,25,27,30,32-43H2,1-5H3/b12-10+,17-15+,18-16+,23-22+,24-21+,28-26+,31-29+/t44-/m1/s1. The molecule has 2 atom stereocenters. The molecule has 320 valence electrons. The third-order valence-electron chi connectivity index (χ3n) is 8.37. The van der Waals surface area contributed by atoms with E-state index in [0.717, 1.165) is 77.0 Å². The van der Waals surface area contributed by atoms with Crippen LogP contribution in [0, 0.1) is 0 Å². The predicted molar refractivity (Wildman–Crippen MR) is 231 cm³/mol. The molecule has 0 heterocycles. The number of carbonyl (C=O) groups excluding carboxylic acids is 2. The Kier molecular flexibility index (Phi) is 35.9. The number of nitrogens with zero attached hydrogens (tertiary/aromatic N) is 1. The van der Waals surface area contributed by atoms with E-state index >= 15 is 0 Å². The van der Waals surface area contributed by atoms with Crippen LogP contribution in [0.25, 0.3) is 0 Å². The molecule has 0 N–H and O–H groups in total. The van der Waals surface area contributed by atoms with Gasteiger partial charge in [0.2, 0.25) is 0 Å². The second-order valence-electron chi connectivity index (χ2n) is 15.0. The third kappa shape index (κ3) is 40.8. The molecule has 0 saturated heterocycles. The summed E-state index contributed by atoms with van der Waals surface area (Å²) in [6.07, 6.45) is 47.5. The van der Waals surface area contributed by atoms with Crippen LogP contribution < -0.4 is 4.89 Å². The number of hydrogen-bond donors (Lipinski definition) is 0. The van der Waals surface area contributed by atoms with Gasteiger partial charge in [0.15, 0.2) is 6.10 Å². The van der Waals surface area contributed by atoms with Crippen molar-refractivity contribution in [1.82, 2.24) is 0 Å². The zero-order valence-corrected chi connectivity index (χ0v) is 36.7. The molecule has 1 unspecified atom stereocenters. The molecular formula is C46H78NO8P. The monoisotopic (exact) mass is 804 g/mol. The first-order valence-electron chi connectivity index (χ1n) is 21.3. The van der Waals surface area contributed by atoms with Crippen molar-refractivity contribution in [2.24, 2.45) is 0 Å². The van der Waals surface area contributed by atoms with Crippen LogP contribution in [0.4, 0.5) is 0 Å². The summed E-state index contributed by atoms with van der Waals surface area (Å²) < 4.78 is 33.8. The van der Waals surface area contributed by atoms with Gasteiger partial charge in [0.1, 0.15) is 19.8 Å². The van der Waals surface area contributed by atoms with Crippen molar-refractivity contribution >= 4 is 19.8 Å². The van der Waals surface area contributed by atoms with Crippen LogP contribution in [-0.4, -0.2) is 70.0 Å². The van der Waals surface area contributed by atoms with Crippen LogP contribution in [0.3, 0.4) is 0 Å². The van der Waals surface area contributed by atoms with E-state index in [1.807, 2.05) is 21.1 Å². The van der Waals surface area contributed by atoms with Crippen molar-refractivity contribution in [1.29, 1.82) is 0 Å². The number of ether oxygens (including phenoxy) is 2. The lowest BCUT2D eigenvalue weighted by atomic mass is 10.1. The minimum Gasteiger partial charge on any atom is -0.756 e. The van der Waals surface area contributed by atoms with E-state index in [0.29, 0.717) is 23.9 Å². The van der Waals surface area contributed by atoms with Crippen LogP contribution in [0.15, 0.2) is 85.1 Å². The molecule has 0 radical (unpaired) electrons. The third-order valence-corrected chi connectivity index (χ3v) is 9.33. The predicted octanol–water partition coefficient (Wildman–Crippen LogP) is 11.4. The average Bonchev–Trinajstić information content (AvgIpc) is 3.15. The Balaban J connectivity index is 4.53. The number of quaternary nitrogens is 1. The van der Waals surface area contributed by atoms with Crippen molar-refractivity contribution < 1.29 is 42.1 Å². The molecule has 10 heteroatoms. The molecule has 0 aliphatic carbocycles. The Morgan fingerprint density at radius 1 is 0.554 bits per heavy atom. The van der Waals surface area contributed by atoms with Gasteiger partial charge in [-0.2, -0.15) is 0 Å². The lowest BCUT2D eigenvalue weighted by Gasteiger charge is -2.28. The Morgan fingerprint density at radius 2 is 1.00 bits per heavy atom. The highest BCUT2D eigenvalue weighted by atomic mass is 31.2. The zero-order valence-electron chi connectivity index (χ0n) is 35.8. The van der Waals surface area contributed by atoms with Gasteiger partial charge in [-0.05, 0) is 89.9 Å². The number of allylic oxidation sites excluding steroid dienone is 14. The summed E-state index contributed by atoms with van der Waals surface area (Å²) in [6.45, 7) is 4.01. The Bertz CT molecular complexity index is 1230. The first kappa shape index (κ1) is 53.2. The van der Waals surface area contributed by atoms with Crippen molar-refractivity contribution in [2.75, 3.05) is 47.5 Å². The number of carbonyl (C=O) groups is 2. The minimum atomic E-state index is -4.65. The van der Waals surface area contributed by atoms with Crippen molar-refractivity contribution in [3.63, 3.8) is 0 Å². The van der Waals surface area contributed by atoms with Crippen molar-refractivity contribution in [2.45, 2.75) is 148 Å². The van der Waals surface area contributed by atoms with E-state index in [-0.39, 0.29) is 26.1 Å². The van der Waals surface area contributed by atoms with Gasteiger partial charge in [-0.1, -0.05) is 125 Å². The highest BCUT2D eigenvalue weighted by molar-refractivity contribution is 7.45.